The summed E-state index contributed by atoms with van der Waals surface area (Å²) in [6.07, 6.45) is 4.04. The minimum absolute atomic E-state index is 0.131. The van der Waals surface area contributed by atoms with Crippen molar-refractivity contribution in [1.29, 1.82) is 0 Å². The molecule has 0 fully saturated rings. The highest BCUT2D eigenvalue weighted by Gasteiger charge is 2.14. The summed E-state index contributed by atoms with van der Waals surface area (Å²) in [4.78, 5) is 24.1. The molecule has 0 saturated heterocycles. The molecular formula is C21H33N5O. The number of likely N-dealkylation sites (N-methyl/N-ethyl adjacent to an activating group) is 2. The zero-order valence-corrected chi connectivity index (χ0v) is 17.1. The van der Waals surface area contributed by atoms with Crippen molar-refractivity contribution in [2.75, 3.05) is 39.8 Å². The third kappa shape index (κ3) is 5.74. The van der Waals surface area contributed by atoms with Gasteiger partial charge in [0, 0.05) is 50.3 Å². The number of amides is 1. The molecule has 0 bridgehead atoms. The summed E-state index contributed by atoms with van der Waals surface area (Å²) < 4.78 is 0. The predicted molar refractivity (Wildman–Crippen MR) is 113 cm³/mol. The predicted octanol–water partition coefficient (Wildman–Crippen LogP) is 2.87. The highest BCUT2D eigenvalue weighted by molar-refractivity contribution is 5.86. The van der Waals surface area contributed by atoms with Crippen LogP contribution in [-0.2, 0) is 11.2 Å². The lowest BCUT2D eigenvalue weighted by Crippen LogP contribution is -2.45. The first-order valence-corrected chi connectivity index (χ1v) is 9.92. The van der Waals surface area contributed by atoms with Gasteiger partial charge in [0.25, 0.3) is 0 Å². The number of guanidine groups is 1. The Morgan fingerprint density at radius 3 is 2.63 bits per heavy atom. The van der Waals surface area contributed by atoms with Crippen LogP contribution in [0.2, 0.25) is 0 Å². The number of benzene rings is 1. The third-order valence-corrected chi connectivity index (χ3v) is 4.73. The first-order chi connectivity index (χ1) is 13.1. The summed E-state index contributed by atoms with van der Waals surface area (Å²) in [5.74, 6) is 0.920. The number of aliphatic imine (C=N–C) groups is 1. The number of aromatic nitrogens is 1. The Hall–Kier alpha value is -2.50. The van der Waals surface area contributed by atoms with Crippen LogP contribution < -0.4 is 5.32 Å². The molecule has 6 heteroatoms. The molecule has 0 aliphatic rings. The zero-order chi connectivity index (χ0) is 19.6. The summed E-state index contributed by atoms with van der Waals surface area (Å²) in [6, 6.07) is 8.37. The zero-order valence-electron chi connectivity index (χ0n) is 17.1. The SMILES string of the molecule is CCNC(=NCCCc1c[nH]c2ccccc12)N(C)CC(=O)N(CC)CC. The maximum absolute atomic E-state index is 12.3. The molecule has 1 aromatic heterocycles. The van der Waals surface area contributed by atoms with Crippen LogP contribution in [0, 0.1) is 0 Å². The van der Waals surface area contributed by atoms with E-state index < -0.39 is 0 Å². The molecule has 0 radical (unpaired) electrons. The number of nitrogens with zero attached hydrogens (tertiary/aromatic N) is 3. The quantitative estimate of drug-likeness (QED) is 0.405. The molecule has 6 nitrogen and oxygen atoms in total. The van der Waals surface area contributed by atoms with Crippen LogP contribution in [-0.4, -0.2) is 66.4 Å². The van der Waals surface area contributed by atoms with E-state index >= 15 is 0 Å². The van der Waals surface area contributed by atoms with Crippen LogP contribution in [0.1, 0.15) is 32.8 Å². The van der Waals surface area contributed by atoms with E-state index in [2.05, 4.69) is 34.7 Å². The average Bonchev–Trinajstić information content (AvgIpc) is 3.08. The molecule has 148 valence electrons. The van der Waals surface area contributed by atoms with Crippen molar-refractivity contribution in [2.24, 2.45) is 4.99 Å². The standard InChI is InChI=1S/C21H33N5O/c1-5-22-21(25(4)16-20(27)26(6-2)7-3)23-14-10-11-17-15-24-19-13-9-8-12-18(17)19/h8-9,12-13,15,24H,5-7,10-11,14,16H2,1-4H3,(H,22,23). The highest BCUT2D eigenvalue weighted by Crippen LogP contribution is 2.18. The van der Waals surface area contributed by atoms with Crippen LogP contribution >= 0.6 is 0 Å². The first kappa shape index (κ1) is 20.8. The Kier molecular flexibility index (Phi) is 8.17. The van der Waals surface area contributed by atoms with E-state index in [1.807, 2.05) is 43.7 Å². The molecule has 1 aromatic carbocycles. The normalized spacial score (nSPS) is 11.6. The molecule has 2 N–H and O–H groups in total. The number of H-pyrrole nitrogens is 1. The van der Waals surface area contributed by atoms with E-state index in [0.29, 0.717) is 6.54 Å². The fraction of sp³-hybridized carbons (Fsp3) is 0.524. The number of para-hydroxylation sites is 1. The van der Waals surface area contributed by atoms with Gasteiger partial charge in [-0.05, 0) is 45.2 Å². The van der Waals surface area contributed by atoms with Gasteiger partial charge in [-0.3, -0.25) is 9.79 Å². The molecule has 1 amide bonds. The number of hydrogen-bond donors (Lipinski definition) is 2. The Labute approximate surface area is 162 Å². The second-order valence-corrected chi connectivity index (χ2v) is 6.62. The van der Waals surface area contributed by atoms with Crippen molar-refractivity contribution in [3.63, 3.8) is 0 Å². The van der Waals surface area contributed by atoms with Gasteiger partial charge < -0.3 is 20.1 Å². The molecule has 1 heterocycles. The van der Waals surface area contributed by atoms with Crippen molar-refractivity contribution in [1.82, 2.24) is 20.1 Å². The number of carbonyl (C=O) groups is 1. The maximum Gasteiger partial charge on any atom is 0.242 e. The van der Waals surface area contributed by atoms with Crippen molar-refractivity contribution >= 4 is 22.8 Å². The van der Waals surface area contributed by atoms with Crippen LogP contribution in [0.25, 0.3) is 10.9 Å². The lowest BCUT2D eigenvalue weighted by molar-refractivity contribution is -0.131. The second-order valence-electron chi connectivity index (χ2n) is 6.62. The second kappa shape index (κ2) is 10.6. The van der Waals surface area contributed by atoms with E-state index in [-0.39, 0.29) is 5.91 Å². The highest BCUT2D eigenvalue weighted by atomic mass is 16.2. The van der Waals surface area contributed by atoms with Gasteiger partial charge in [-0.1, -0.05) is 18.2 Å². The minimum Gasteiger partial charge on any atom is -0.361 e. The Morgan fingerprint density at radius 1 is 1.19 bits per heavy atom. The number of nitrogens with one attached hydrogen (secondary N) is 2. The van der Waals surface area contributed by atoms with Crippen molar-refractivity contribution in [2.45, 2.75) is 33.6 Å². The summed E-state index contributed by atoms with van der Waals surface area (Å²) >= 11 is 0. The molecular weight excluding hydrogens is 338 g/mol. The van der Waals surface area contributed by atoms with Gasteiger partial charge in [0.05, 0.1) is 6.54 Å². The molecule has 2 aromatic rings. The van der Waals surface area contributed by atoms with Crippen molar-refractivity contribution in [3.8, 4) is 0 Å². The van der Waals surface area contributed by atoms with Gasteiger partial charge in [0.1, 0.15) is 0 Å². The number of rotatable bonds is 9. The van der Waals surface area contributed by atoms with Gasteiger partial charge in [-0.25, -0.2) is 0 Å². The molecule has 0 spiro atoms. The number of hydrogen-bond acceptors (Lipinski definition) is 2. The third-order valence-electron chi connectivity index (χ3n) is 4.73. The van der Waals surface area contributed by atoms with Gasteiger partial charge >= 0.3 is 0 Å². The molecule has 0 aliphatic heterocycles. The number of aryl methyl sites for hydroxylation is 1. The topological polar surface area (TPSA) is 63.7 Å². The fourth-order valence-electron chi connectivity index (χ4n) is 3.22. The average molecular weight is 372 g/mol. The van der Waals surface area contributed by atoms with E-state index in [0.717, 1.165) is 45.0 Å². The van der Waals surface area contributed by atoms with E-state index in [4.69, 9.17) is 4.99 Å². The Bertz CT molecular complexity index is 748. The lowest BCUT2D eigenvalue weighted by Gasteiger charge is -2.25. The van der Waals surface area contributed by atoms with E-state index in [1.54, 1.807) is 0 Å². The van der Waals surface area contributed by atoms with Gasteiger partial charge in [-0.2, -0.15) is 0 Å². The number of fused-ring (bicyclic) bond motifs is 1. The van der Waals surface area contributed by atoms with E-state index in [1.165, 1.54) is 16.5 Å². The Morgan fingerprint density at radius 2 is 1.93 bits per heavy atom. The number of carbonyl (C=O) groups excluding carboxylic acids is 1. The molecule has 0 atom stereocenters. The number of aromatic amines is 1. The van der Waals surface area contributed by atoms with Crippen LogP contribution in [0.4, 0.5) is 0 Å². The van der Waals surface area contributed by atoms with Crippen LogP contribution in [0.5, 0.6) is 0 Å². The smallest absolute Gasteiger partial charge is 0.242 e. The monoisotopic (exact) mass is 371 g/mol. The lowest BCUT2D eigenvalue weighted by atomic mass is 10.1. The molecule has 0 unspecified atom stereocenters. The summed E-state index contributed by atoms with van der Waals surface area (Å²) in [7, 11) is 1.92. The van der Waals surface area contributed by atoms with Crippen molar-refractivity contribution < 1.29 is 4.79 Å². The first-order valence-electron chi connectivity index (χ1n) is 9.92. The van der Waals surface area contributed by atoms with Gasteiger partial charge in [0.15, 0.2) is 5.96 Å². The van der Waals surface area contributed by atoms with Crippen LogP contribution in [0.3, 0.4) is 0 Å². The molecule has 27 heavy (non-hydrogen) atoms. The summed E-state index contributed by atoms with van der Waals surface area (Å²) in [6.45, 7) is 9.38. The largest absolute Gasteiger partial charge is 0.361 e. The Balaban J connectivity index is 1.91. The van der Waals surface area contributed by atoms with Crippen LogP contribution in [0.15, 0.2) is 35.5 Å². The van der Waals surface area contributed by atoms with Crippen molar-refractivity contribution in [3.05, 3.63) is 36.0 Å². The maximum atomic E-state index is 12.3. The summed E-state index contributed by atoms with van der Waals surface area (Å²) in [5.41, 5.74) is 2.51. The fourth-order valence-corrected chi connectivity index (χ4v) is 3.22. The van der Waals surface area contributed by atoms with E-state index in [9.17, 15) is 4.79 Å². The van der Waals surface area contributed by atoms with Gasteiger partial charge in [-0.15, -0.1) is 0 Å². The minimum atomic E-state index is 0.131. The molecule has 0 saturated carbocycles. The summed E-state index contributed by atoms with van der Waals surface area (Å²) in [5, 5.41) is 4.57. The van der Waals surface area contributed by atoms with Gasteiger partial charge in [0.2, 0.25) is 5.91 Å². The molecule has 0 aliphatic carbocycles. The molecule has 2 rings (SSSR count).